The van der Waals surface area contributed by atoms with E-state index in [1.165, 1.54) is 0 Å². The molecular formula is C20H20N4O2. The number of aromatic nitrogens is 3. The van der Waals surface area contributed by atoms with E-state index in [1.807, 2.05) is 41.3 Å². The summed E-state index contributed by atoms with van der Waals surface area (Å²) in [6, 6.07) is 14.8. The average Bonchev–Trinajstić information content (AvgIpc) is 3.07. The van der Waals surface area contributed by atoms with Gasteiger partial charge in [0.1, 0.15) is 11.7 Å². The SMILES string of the molecule is O=C(c1ccccn1)N1CCCCCC1c1nnc(-c2ccccc2)o1. The van der Waals surface area contributed by atoms with Gasteiger partial charge in [0.15, 0.2) is 0 Å². The van der Waals surface area contributed by atoms with Crippen LogP contribution in [0.5, 0.6) is 0 Å². The van der Waals surface area contributed by atoms with Crippen molar-refractivity contribution >= 4 is 5.91 Å². The number of rotatable bonds is 3. The Bertz CT molecular complexity index is 864. The van der Waals surface area contributed by atoms with Crippen molar-refractivity contribution in [3.63, 3.8) is 0 Å². The second-order valence-corrected chi connectivity index (χ2v) is 6.39. The average molecular weight is 348 g/mol. The van der Waals surface area contributed by atoms with E-state index in [0.29, 0.717) is 24.0 Å². The molecule has 2 aromatic heterocycles. The third kappa shape index (κ3) is 3.35. The number of hydrogen-bond donors (Lipinski definition) is 0. The number of benzene rings is 1. The molecule has 0 radical (unpaired) electrons. The predicted molar refractivity (Wildman–Crippen MR) is 96.2 cm³/mol. The first-order valence-corrected chi connectivity index (χ1v) is 8.94. The molecule has 1 fully saturated rings. The van der Waals surface area contributed by atoms with Gasteiger partial charge in [0.05, 0.1) is 0 Å². The fourth-order valence-corrected chi connectivity index (χ4v) is 3.31. The Morgan fingerprint density at radius 3 is 2.65 bits per heavy atom. The molecule has 0 bridgehead atoms. The van der Waals surface area contributed by atoms with Gasteiger partial charge >= 0.3 is 0 Å². The summed E-state index contributed by atoms with van der Waals surface area (Å²) in [5, 5.41) is 8.44. The second-order valence-electron chi connectivity index (χ2n) is 6.39. The standard InChI is InChI=1S/C20H20N4O2/c25-20(16-11-6-7-13-21-16)24-14-8-2-5-12-17(24)19-23-22-18(26-19)15-9-3-1-4-10-15/h1,3-4,6-7,9-11,13,17H,2,5,8,12,14H2. The fourth-order valence-electron chi connectivity index (χ4n) is 3.31. The van der Waals surface area contributed by atoms with Crippen molar-refractivity contribution in [1.82, 2.24) is 20.1 Å². The van der Waals surface area contributed by atoms with E-state index in [1.54, 1.807) is 18.3 Å². The van der Waals surface area contributed by atoms with E-state index < -0.39 is 0 Å². The largest absolute Gasteiger partial charge is 0.418 e. The number of pyridine rings is 1. The lowest BCUT2D eigenvalue weighted by Crippen LogP contribution is -2.35. The number of hydrogen-bond acceptors (Lipinski definition) is 5. The maximum absolute atomic E-state index is 13.0. The summed E-state index contributed by atoms with van der Waals surface area (Å²) in [6.07, 6.45) is 5.53. The molecular weight excluding hydrogens is 328 g/mol. The van der Waals surface area contributed by atoms with E-state index in [0.717, 1.165) is 31.2 Å². The highest BCUT2D eigenvalue weighted by Crippen LogP contribution is 2.32. The van der Waals surface area contributed by atoms with Gasteiger partial charge in [0.25, 0.3) is 5.91 Å². The summed E-state index contributed by atoms with van der Waals surface area (Å²) in [6.45, 7) is 0.670. The summed E-state index contributed by atoms with van der Waals surface area (Å²) in [5.74, 6) is 0.891. The summed E-state index contributed by atoms with van der Waals surface area (Å²) in [4.78, 5) is 19.0. The van der Waals surface area contributed by atoms with Crippen LogP contribution >= 0.6 is 0 Å². The van der Waals surface area contributed by atoms with Crippen LogP contribution in [-0.4, -0.2) is 32.5 Å². The summed E-state index contributed by atoms with van der Waals surface area (Å²) >= 11 is 0. The van der Waals surface area contributed by atoms with Crippen molar-refractivity contribution in [2.75, 3.05) is 6.54 Å². The Labute approximate surface area is 151 Å². The number of amides is 1. The van der Waals surface area contributed by atoms with E-state index in [-0.39, 0.29) is 11.9 Å². The molecule has 0 saturated carbocycles. The maximum atomic E-state index is 13.0. The van der Waals surface area contributed by atoms with Gasteiger partial charge in [-0.25, -0.2) is 0 Å². The van der Waals surface area contributed by atoms with E-state index in [4.69, 9.17) is 4.42 Å². The minimum Gasteiger partial charge on any atom is -0.418 e. The van der Waals surface area contributed by atoms with Gasteiger partial charge in [-0.1, -0.05) is 37.1 Å². The molecule has 132 valence electrons. The zero-order valence-electron chi connectivity index (χ0n) is 14.4. The second kappa shape index (κ2) is 7.47. The van der Waals surface area contributed by atoms with Gasteiger partial charge in [-0.05, 0) is 37.1 Å². The molecule has 0 N–H and O–H groups in total. The Balaban J connectivity index is 1.64. The predicted octanol–water partition coefficient (Wildman–Crippen LogP) is 3.89. The molecule has 1 aliphatic rings. The molecule has 1 aromatic carbocycles. The lowest BCUT2D eigenvalue weighted by atomic mass is 10.1. The molecule has 1 unspecified atom stereocenters. The third-order valence-corrected chi connectivity index (χ3v) is 4.64. The molecule has 0 aliphatic carbocycles. The molecule has 6 nitrogen and oxygen atoms in total. The topological polar surface area (TPSA) is 72.1 Å². The Kier molecular flexibility index (Phi) is 4.73. The van der Waals surface area contributed by atoms with Crippen molar-refractivity contribution in [2.45, 2.75) is 31.7 Å². The normalized spacial score (nSPS) is 17.7. The first kappa shape index (κ1) is 16.4. The minimum absolute atomic E-state index is 0.0861. The van der Waals surface area contributed by atoms with Crippen molar-refractivity contribution in [1.29, 1.82) is 0 Å². The van der Waals surface area contributed by atoms with Gasteiger partial charge in [-0.15, -0.1) is 10.2 Å². The quantitative estimate of drug-likeness (QED) is 0.718. The van der Waals surface area contributed by atoms with Crippen LogP contribution in [0.4, 0.5) is 0 Å². The lowest BCUT2D eigenvalue weighted by Gasteiger charge is -2.27. The fraction of sp³-hybridized carbons (Fsp3) is 0.300. The van der Waals surface area contributed by atoms with Crippen LogP contribution < -0.4 is 0 Å². The van der Waals surface area contributed by atoms with E-state index >= 15 is 0 Å². The van der Waals surface area contributed by atoms with E-state index in [9.17, 15) is 4.79 Å². The van der Waals surface area contributed by atoms with Crippen LogP contribution in [-0.2, 0) is 0 Å². The highest BCUT2D eigenvalue weighted by atomic mass is 16.4. The summed E-state index contributed by atoms with van der Waals surface area (Å²) < 4.78 is 5.94. The zero-order valence-corrected chi connectivity index (χ0v) is 14.4. The summed E-state index contributed by atoms with van der Waals surface area (Å²) in [5.41, 5.74) is 1.32. The molecule has 26 heavy (non-hydrogen) atoms. The highest BCUT2D eigenvalue weighted by Gasteiger charge is 2.32. The number of likely N-dealkylation sites (tertiary alicyclic amines) is 1. The van der Waals surface area contributed by atoms with Gasteiger partial charge in [-0.2, -0.15) is 0 Å². The Morgan fingerprint density at radius 1 is 1.00 bits per heavy atom. The molecule has 3 aromatic rings. The maximum Gasteiger partial charge on any atom is 0.273 e. The van der Waals surface area contributed by atoms with Crippen LogP contribution in [0.15, 0.2) is 59.1 Å². The molecule has 6 heteroatoms. The van der Waals surface area contributed by atoms with E-state index in [2.05, 4.69) is 15.2 Å². The smallest absolute Gasteiger partial charge is 0.273 e. The van der Waals surface area contributed by atoms with Gasteiger partial charge in [0.2, 0.25) is 11.8 Å². The van der Waals surface area contributed by atoms with Crippen LogP contribution in [0.25, 0.3) is 11.5 Å². The minimum atomic E-state index is -0.211. The van der Waals surface area contributed by atoms with Gasteiger partial charge in [0, 0.05) is 18.3 Å². The first-order chi connectivity index (χ1) is 12.8. The highest BCUT2D eigenvalue weighted by molar-refractivity contribution is 5.92. The molecule has 1 amide bonds. The molecule has 0 spiro atoms. The number of carbonyl (C=O) groups excluding carboxylic acids is 1. The van der Waals surface area contributed by atoms with Crippen LogP contribution in [0, 0.1) is 0 Å². The molecule has 3 heterocycles. The molecule has 1 aliphatic heterocycles. The van der Waals surface area contributed by atoms with Gasteiger partial charge < -0.3 is 9.32 Å². The Morgan fingerprint density at radius 2 is 1.85 bits per heavy atom. The van der Waals surface area contributed by atoms with Crippen LogP contribution in [0.1, 0.15) is 48.1 Å². The zero-order chi connectivity index (χ0) is 17.8. The Hall–Kier alpha value is -3.02. The van der Waals surface area contributed by atoms with Crippen molar-refractivity contribution in [2.24, 2.45) is 0 Å². The monoisotopic (exact) mass is 348 g/mol. The third-order valence-electron chi connectivity index (χ3n) is 4.64. The van der Waals surface area contributed by atoms with Crippen molar-refractivity contribution in [3.05, 3.63) is 66.3 Å². The molecule has 4 rings (SSSR count). The lowest BCUT2D eigenvalue weighted by molar-refractivity contribution is 0.0646. The van der Waals surface area contributed by atoms with Crippen molar-refractivity contribution < 1.29 is 9.21 Å². The van der Waals surface area contributed by atoms with Gasteiger partial charge in [-0.3, -0.25) is 9.78 Å². The first-order valence-electron chi connectivity index (χ1n) is 8.94. The number of carbonyl (C=O) groups is 1. The van der Waals surface area contributed by atoms with Crippen molar-refractivity contribution in [3.8, 4) is 11.5 Å². The summed E-state index contributed by atoms with van der Waals surface area (Å²) in [7, 11) is 0. The molecule has 1 atom stereocenters. The number of nitrogens with zero attached hydrogens (tertiary/aromatic N) is 4. The van der Waals surface area contributed by atoms with Crippen LogP contribution in [0.3, 0.4) is 0 Å². The molecule has 1 saturated heterocycles. The van der Waals surface area contributed by atoms with Crippen LogP contribution in [0.2, 0.25) is 0 Å².